The molecule has 0 saturated carbocycles. The molecule has 0 aliphatic carbocycles. The standard InChI is InChI=1S/C24H28N6O/c1-13-8-10-18(11-9-13)20-12-19(22-16(4)28-30(7)23(22)26-20)24(31)25-14(2)21-15(3)27-29(6)17(21)5/h8-12,14H,1-7H3,(H,25,31). The van der Waals surface area contributed by atoms with E-state index in [-0.39, 0.29) is 11.9 Å². The van der Waals surface area contributed by atoms with Gasteiger partial charge in [-0.3, -0.25) is 14.2 Å². The normalized spacial score (nSPS) is 12.4. The van der Waals surface area contributed by atoms with Crippen LogP contribution in [0.15, 0.2) is 30.3 Å². The average Bonchev–Trinajstić information content (AvgIpc) is 3.15. The Labute approximate surface area is 182 Å². The zero-order valence-corrected chi connectivity index (χ0v) is 19.1. The number of carbonyl (C=O) groups is 1. The van der Waals surface area contributed by atoms with E-state index in [0.717, 1.165) is 39.3 Å². The molecule has 0 spiro atoms. The van der Waals surface area contributed by atoms with Crippen molar-refractivity contribution in [2.24, 2.45) is 14.1 Å². The van der Waals surface area contributed by atoms with Crippen LogP contribution < -0.4 is 5.32 Å². The van der Waals surface area contributed by atoms with Gasteiger partial charge in [0, 0.05) is 30.9 Å². The van der Waals surface area contributed by atoms with Gasteiger partial charge < -0.3 is 5.32 Å². The zero-order chi connectivity index (χ0) is 22.4. The van der Waals surface area contributed by atoms with E-state index in [2.05, 4.69) is 15.5 Å². The number of rotatable bonds is 4. The van der Waals surface area contributed by atoms with E-state index in [1.165, 1.54) is 5.56 Å². The predicted molar refractivity (Wildman–Crippen MR) is 122 cm³/mol. The Morgan fingerprint density at radius 1 is 0.968 bits per heavy atom. The van der Waals surface area contributed by atoms with E-state index in [1.54, 1.807) is 4.68 Å². The van der Waals surface area contributed by atoms with Crippen molar-refractivity contribution in [1.82, 2.24) is 29.9 Å². The Bertz CT molecular complexity index is 1300. The second-order valence-corrected chi connectivity index (χ2v) is 8.23. The molecule has 1 aromatic carbocycles. The molecule has 31 heavy (non-hydrogen) atoms. The molecule has 4 rings (SSSR count). The number of hydrogen-bond acceptors (Lipinski definition) is 4. The van der Waals surface area contributed by atoms with Gasteiger partial charge in [0.05, 0.1) is 34.1 Å². The summed E-state index contributed by atoms with van der Waals surface area (Å²) in [5.41, 5.74) is 7.97. The molecule has 1 N–H and O–H groups in total. The number of fused-ring (bicyclic) bond motifs is 1. The first-order chi connectivity index (χ1) is 14.7. The second-order valence-electron chi connectivity index (χ2n) is 8.23. The fourth-order valence-electron chi connectivity index (χ4n) is 4.26. The molecule has 0 aliphatic rings. The maximum Gasteiger partial charge on any atom is 0.252 e. The van der Waals surface area contributed by atoms with E-state index in [1.807, 2.05) is 83.7 Å². The maximum absolute atomic E-state index is 13.5. The lowest BCUT2D eigenvalue weighted by atomic mass is 10.0. The summed E-state index contributed by atoms with van der Waals surface area (Å²) in [5.74, 6) is -0.146. The van der Waals surface area contributed by atoms with Gasteiger partial charge in [-0.05, 0) is 40.7 Å². The molecule has 0 radical (unpaired) electrons. The minimum atomic E-state index is -0.177. The topological polar surface area (TPSA) is 77.6 Å². The molecule has 4 aromatic rings. The Morgan fingerprint density at radius 3 is 2.23 bits per heavy atom. The second kappa shape index (κ2) is 7.65. The number of benzene rings is 1. The lowest BCUT2D eigenvalue weighted by Crippen LogP contribution is -2.27. The molecular weight excluding hydrogens is 388 g/mol. The quantitative estimate of drug-likeness (QED) is 0.543. The lowest BCUT2D eigenvalue weighted by Gasteiger charge is -2.16. The third-order valence-corrected chi connectivity index (χ3v) is 5.91. The summed E-state index contributed by atoms with van der Waals surface area (Å²) in [6.45, 7) is 9.93. The van der Waals surface area contributed by atoms with Gasteiger partial charge in [-0.15, -0.1) is 0 Å². The molecule has 1 atom stereocenters. The highest BCUT2D eigenvalue weighted by atomic mass is 16.1. The van der Waals surface area contributed by atoms with Gasteiger partial charge in [-0.1, -0.05) is 29.8 Å². The van der Waals surface area contributed by atoms with Crippen molar-refractivity contribution in [2.75, 3.05) is 0 Å². The first kappa shape index (κ1) is 20.8. The van der Waals surface area contributed by atoms with Gasteiger partial charge in [0.2, 0.25) is 0 Å². The van der Waals surface area contributed by atoms with Crippen LogP contribution in [0.3, 0.4) is 0 Å². The molecule has 7 nitrogen and oxygen atoms in total. The van der Waals surface area contributed by atoms with Crippen molar-refractivity contribution in [3.05, 3.63) is 64.1 Å². The molecule has 160 valence electrons. The minimum absolute atomic E-state index is 0.146. The van der Waals surface area contributed by atoms with Gasteiger partial charge in [0.25, 0.3) is 5.91 Å². The van der Waals surface area contributed by atoms with E-state index in [4.69, 9.17) is 4.98 Å². The summed E-state index contributed by atoms with van der Waals surface area (Å²) in [6.07, 6.45) is 0. The number of nitrogens with one attached hydrogen (secondary N) is 1. The van der Waals surface area contributed by atoms with Gasteiger partial charge in [-0.25, -0.2) is 4.98 Å². The van der Waals surface area contributed by atoms with Crippen LogP contribution in [0.4, 0.5) is 0 Å². The minimum Gasteiger partial charge on any atom is -0.345 e. The van der Waals surface area contributed by atoms with Crippen LogP contribution in [-0.4, -0.2) is 30.5 Å². The SMILES string of the molecule is Cc1ccc(-c2cc(C(=O)NC(C)c3c(C)nn(C)c3C)c3c(C)nn(C)c3n2)cc1. The molecule has 1 unspecified atom stereocenters. The number of pyridine rings is 1. The first-order valence-corrected chi connectivity index (χ1v) is 10.4. The van der Waals surface area contributed by atoms with Crippen LogP contribution in [0.1, 0.15) is 51.5 Å². The Morgan fingerprint density at radius 2 is 1.61 bits per heavy atom. The fourth-order valence-corrected chi connectivity index (χ4v) is 4.26. The average molecular weight is 417 g/mol. The summed E-state index contributed by atoms with van der Waals surface area (Å²) in [5, 5.41) is 12.9. The molecule has 0 bridgehead atoms. The lowest BCUT2D eigenvalue weighted by molar-refractivity contribution is 0.0941. The highest BCUT2D eigenvalue weighted by Gasteiger charge is 2.23. The number of carbonyl (C=O) groups excluding carboxylic acids is 1. The monoisotopic (exact) mass is 416 g/mol. The van der Waals surface area contributed by atoms with Crippen molar-refractivity contribution in [2.45, 2.75) is 40.7 Å². The Kier molecular flexibility index (Phi) is 5.13. The van der Waals surface area contributed by atoms with Gasteiger partial charge in [-0.2, -0.15) is 10.2 Å². The number of hydrogen-bond donors (Lipinski definition) is 1. The first-order valence-electron chi connectivity index (χ1n) is 10.4. The van der Waals surface area contributed by atoms with Crippen LogP contribution in [-0.2, 0) is 14.1 Å². The van der Waals surface area contributed by atoms with Crippen molar-refractivity contribution < 1.29 is 4.79 Å². The van der Waals surface area contributed by atoms with Gasteiger partial charge >= 0.3 is 0 Å². The number of nitrogens with zero attached hydrogens (tertiary/aromatic N) is 5. The van der Waals surface area contributed by atoms with E-state index in [9.17, 15) is 4.79 Å². The highest BCUT2D eigenvalue weighted by Crippen LogP contribution is 2.28. The Hall–Kier alpha value is -3.48. The number of aryl methyl sites for hydroxylation is 5. The van der Waals surface area contributed by atoms with Crippen molar-refractivity contribution in [3.63, 3.8) is 0 Å². The number of aromatic nitrogens is 5. The van der Waals surface area contributed by atoms with Crippen LogP contribution >= 0.6 is 0 Å². The summed E-state index contributed by atoms with van der Waals surface area (Å²) < 4.78 is 3.58. The van der Waals surface area contributed by atoms with Gasteiger partial charge in [0.1, 0.15) is 0 Å². The van der Waals surface area contributed by atoms with Crippen molar-refractivity contribution in [1.29, 1.82) is 0 Å². The summed E-state index contributed by atoms with van der Waals surface area (Å²) in [6, 6.07) is 9.84. The van der Waals surface area contributed by atoms with Crippen LogP contribution in [0.5, 0.6) is 0 Å². The molecule has 1 amide bonds. The predicted octanol–water partition coefficient (Wildman–Crippen LogP) is 4.09. The molecule has 0 aliphatic heterocycles. The molecule has 3 aromatic heterocycles. The largest absolute Gasteiger partial charge is 0.345 e. The van der Waals surface area contributed by atoms with E-state index < -0.39 is 0 Å². The summed E-state index contributed by atoms with van der Waals surface area (Å²) in [4.78, 5) is 18.3. The fraction of sp³-hybridized carbons (Fsp3) is 0.333. The van der Waals surface area contributed by atoms with E-state index >= 15 is 0 Å². The molecule has 7 heteroatoms. The Balaban J connectivity index is 1.80. The van der Waals surface area contributed by atoms with Crippen molar-refractivity contribution in [3.8, 4) is 11.3 Å². The number of amides is 1. The zero-order valence-electron chi connectivity index (χ0n) is 19.1. The molecule has 0 saturated heterocycles. The molecular formula is C24H28N6O. The van der Waals surface area contributed by atoms with Crippen LogP contribution in [0.2, 0.25) is 0 Å². The smallest absolute Gasteiger partial charge is 0.252 e. The molecule has 0 fully saturated rings. The van der Waals surface area contributed by atoms with E-state index in [0.29, 0.717) is 11.2 Å². The van der Waals surface area contributed by atoms with Gasteiger partial charge in [0.15, 0.2) is 5.65 Å². The third-order valence-electron chi connectivity index (χ3n) is 5.91. The summed E-state index contributed by atoms with van der Waals surface area (Å²) in [7, 11) is 3.77. The third kappa shape index (κ3) is 3.60. The maximum atomic E-state index is 13.5. The summed E-state index contributed by atoms with van der Waals surface area (Å²) >= 11 is 0. The highest BCUT2D eigenvalue weighted by molar-refractivity contribution is 6.07. The van der Waals surface area contributed by atoms with Crippen molar-refractivity contribution >= 4 is 16.9 Å². The van der Waals surface area contributed by atoms with Crippen LogP contribution in [0, 0.1) is 27.7 Å². The molecule has 3 heterocycles. The van der Waals surface area contributed by atoms with Crippen LogP contribution in [0.25, 0.3) is 22.3 Å².